The van der Waals surface area contributed by atoms with Crippen LogP contribution in [0.1, 0.15) is 18.6 Å². The molecule has 0 atom stereocenters. The smallest absolute Gasteiger partial charge is 0.261 e. The third kappa shape index (κ3) is 4.57. The highest BCUT2D eigenvalue weighted by Gasteiger charge is 2.19. The largest absolute Gasteiger partial charge is 0.477 e. The molecule has 5 rings (SSSR count). The molecule has 3 aromatic heterocycles. The van der Waals surface area contributed by atoms with Gasteiger partial charge < -0.3 is 23.2 Å². The van der Waals surface area contributed by atoms with Crippen molar-refractivity contribution < 1.29 is 18.6 Å². The van der Waals surface area contributed by atoms with Gasteiger partial charge in [-0.1, -0.05) is 0 Å². The summed E-state index contributed by atoms with van der Waals surface area (Å²) in [4.78, 5) is 19.4. The van der Waals surface area contributed by atoms with E-state index >= 15 is 0 Å². The fourth-order valence-electron chi connectivity index (χ4n) is 4.34. The van der Waals surface area contributed by atoms with Crippen LogP contribution < -0.4 is 10.3 Å². The lowest BCUT2D eigenvalue weighted by molar-refractivity contribution is 0.0315. The number of rotatable bonds is 6. The van der Waals surface area contributed by atoms with E-state index in [9.17, 15) is 4.79 Å². The van der Waals surface area contributed by atoms with Crippen molar-refractivity contribution in [2.24, 2.45) is 13.0 Å². The van der Waals surface area contributed by atoms with E-state index in [2.05, 4.69) is 9.88 Å². The number of pyridine rings is 2. The molecular weight excluding hydrogens is 410 g/mol. The Morgan fingerprint density at radius 3 is 2.72 bits per heavy atom. The van der Waals surface area contributed by atoms with Crippen LogP contribution in [0.2, 0.25) is 0 Å². The lowest BCUT2D eigenvalue weighted by Crippen LogP contribution is -2.35. The van der Waals surface area contributed by atoms with Gasteiger partial charge in [-0.25, -0.2) is 4.98 Å². The Hall–Kier alpha value is -2.68. The fourth-order valence-corrected chi connectivity index (χ4v) is 4.34. The van der Waals surface area contributed by atoms with Crippen molar-refractivity contribution >= 4 is 11.0 Å². The number of hydrogen-bond donors (Lipinski definition) is 0. The summed E-state index contributed by atoms with van der Waals surface area (Å²) < 4.78 is 24.7. The monoisotopic (exact) mass is 439 g/mol. The van der Waals surface area contributed by atoms with Gasteiger partial charge in [-0.3, -0.25) is 9.69 Å². The minimum Gasteiger partial charge on any atom is -0.477 e. The van der Waals surface area contributed by atoms with E-state index in [0.29, 0.717) is 35.9 Å². The third-order valence-corrected chi connectivity index (χ3v) is 6.24. The fraction of sp³-hybridized carbons (Fsp3) is 0.500. The summed E-state index contributed by atoms with van der Waals surface area (Å²) in [5, 5.41) is 0.592. The third-order valence-electron chi connectivity index (χ3n) is 6.24. The molecule has 0 bridgehead atoms. The van der Waals surface area contributed by atoms with Gasteiger partial charge in [0.05, 0.1) is 31.8 Å². The molecule has 2 fully saturated rings. The molecule has 8 heteroatoms. The van der Waals surface area contributed by atoms with Gasteiger partial charge in [-0.05, 0) is 36.5 Å². The van der Waals surface area contributed by atoms with Crippen LogP contribution in [0, 0.1) is 5.92 Å². The van der Waals surface area contributed by atoms with Crippen molar-refractivity contribution in [2.75, 3.05) is 46.1 Å². The van der Waals surface area contributed by atoms with Crippen molar-refractivity contribution in [3.63, 3.8) is 0 Å². The minimum absolute atomic E-state index is 0.0641. The molecule has 0 saturated carbocycles. The van der Waals surface area contributed by atoms with Crippen LogP contribution in [0.4, 0.5) is 0 Å². The van der Waals surface area contributed by atoms with E-state index in [1.807, 2.05) is 24.4 Å². The first-order chi connectivity index (χ1) is 15.7. The Kier molecular flexibility index (Phi) is 6.25. The maximum atomic E-state index is 12.8. The predicted molar refractivity (Wildman–Crippen MR) is 120 cm³/mol. The number of morpholine rings is 1. The maximum absolute atomic E-state index is 12.8. The predicted octanol–water partition coefficient (Wildman–Crippen LogP) is 2.83. The Labute approximate surface area is 186 Å². The molecule has 0 N–H and O–H groups in total. The minimum atomic E-state index is -0.0641. The number of hydrogen-bond acceptors (Lipinski definition) is 7. The highest BCUT2D eigenvalue weighted by molar-refractivity contribution is 5.92. The molecule has 8 nitrogen and oxygen atoms in total. The molecule has 170 valence electrons. The van der Waals surface area contributed by atoms with Crippen LogP contribution in [0.15, 0.2) is 39.8 Å². The maximum Gasteiger partial charge on any atom is 0.261 e. The molecule has 3 aromatic rings. The van der Waals surface area contributed by atoms with Crippen molar-refractivity contribution in [3.8, 4) is 17.0 Å². The lowest BCUT2D eigenvalue weighted by atomic mass is 10.0. The number of aryl methyl sites for hydroxylation is 1. The van der Waals surface area contributed by atoms with Crippen LogP contribution in [-0.4, -0.2) is 60.6 Å². The van der Waals surface area contributed by atoms with Crippen LogP contribution in [-0.2, 0) is 23.1 Å². The van der Waals surface area contributed by atoms with Crippen molar-refractivity contribution in [1.82, 2.24) is 14.5 Å². The molecule has 32 heavy (non-hydrogen) atoms. The lowest BCUT2D eigenvalue weighted by Gasteiger charge is -2.25. The topological polar surface area (TPSA) is 79.0 Å². The van der Waals surface area contributed by atoms with Gasteiger partial charge >= 0.3 is 0 Å². The highest BCUT2D eigenvalue weighted by Crippen LogP contribution is 2.31. The Morgan fingerprint density at radius 2 is 1.91 bits per heavy atom. The number of furan rings is 1. The van der Waals surface area contributed by atoms with Crippen LogP contribution in [0.25, 0.3) is 22.1 Å². The van der Waals surface area contributed by atoms with Crippen molar-refractivity contribution in [2.45, 2.75) is 19.4 Å². The molecule has 0 unspecified atom stereocenters. The summed E-state index contributed by atoms with van der Waals surface area (Å²) in [6, 6.07) is 5.72. The summed E-state index contributed by atoms with van der Waals surface area (Å²) >= 11 is 0. The van der Waals surface area contributed by atoms with Gasteiger partial charge in [0.1, 0.15) is 11.3 Å². The summed E-state index contributed by atoms with van der Waals surface area (Å²) in [6.45, 7) is 6.05. The van der Waals surface area contributed by atoms with Gasteiger partial charge in [-0.15, -0.1) is 0 Å². The van der Waals surface area contributed by atoms with E-state index in [1.54, 1.807) is 17.8 Å². The Morgan fingerprint density at radius 1 is 1.12 bits per heavy atom. The first-order valence-corrected chi connectivity index (χ1v) is 11.3. The molecule has 0 aromatic carbocycles. The van der Waals surface area contributed by atoms with E-state index in [4.69, 9.17) is 18.6 Å². The van der Waals surface area contributed by atoms with Gasteiger partial charge in [0.25, 0.3) is 5.56 Å². The van der Waals surface area contributed by atoms with Crippen LogP contribution in [0.5, 0.6) is 5.88 Å². The molecular formula is C24H29N3O5. The van der Waals surface area contributed by atoms with Crippen LogP contribution in [0.3, 0.4) is 0 Å². The van der Waals surface area contributed by atoms with Crippen LogP contribution >= 0.6 is 0 Å². The quantitative estimate of drug-likeness (QED) is 0.584. The van der Waals surface area contributed by atoms with Gasteiger partial charge in [0, 0.05) is 57.4 Å². The molecule has 2 saturated heterocycles. The molecule has 0 aliphatic carbocycles. The number of nitrogens with zero attached hydrogens (tertiary/aromatic N) is 3. The normalized spacial score (nSPS) is 18.3. The van der Waals surface area contributed by atoms with E-state index in [1.165, 1.54) is 0 Å². The van der Waals surface area contributed by atoms with Crippen molar-refractivity contribution in [3.05, 3.63) is 46.7 Å². The second-order valence-corrected chi connectivity index (χ2v) is 8.55. The Bertz CT molecular complexity index is 1130. The molecule has 0 spiro atoms. The first-order valence-electron chi connectivity index (χ1n) is 11.3. The van der Waals surface area contributed by atoms with E-state index in [0.717, 1.165) is 69.2 Å². The molecule has 2 aliphatic heterocycles. The SMILES string of the molecule is Cn1cc(-c2ccnc(OCC3CCOCC3)c2)c2oc(CN3CCOCC3)cc2c1=O. The van der Waals surface area contributed by atoms with Gasteiger partial charge in [-0.2, -0.15) is 0 Å². The number of fused-ring (bicyclic) bond motifs is 1. The standard InChI is InChI=1S/C24H29N3O5/c1-26-15-21(18-2-5-25-22(12-18)31-16-17-3-8-29-9-4-17)23-20(24(26)28)13-19(32-23)14-27-6-10-30-11-7-27/h2,5,12-13,15,17H,3-4,6-11,14,16H2,1H3. The number of ether oxygens (including phenoxy) is 3. The highest BCUT2D eigenvalue weighted by atomic mass is 16.5. The van der Waals surface area contributed by atoms with Crippen molar-refractivity contribution in [1.29, 1.82) is 0 Å². The summed E-state index contributed by atoms with van der Waals surface area (Å²) in [5.41, 5.74) is 2.31. The number of aromatic nitrogens is 2. The average Bonchev–Trinajstić information content (AvgIpc) is 3.25. The molecule has 0 radical (unpaired) electrons. The van der Waals surface area contributed by atoms with Gasteiger partial charge in [0.2, 0.25) is 5.88 Å². The average molecular weight is 440 g/mol. The first kappa shape index (κ1) is 21.2. The zero-order valence-electron chi connectivity index (χ0n) is 18.4. The summed E-state index contributed by atoms with van der Waals surface area (Å²) in [7, 11) is 1.77. The second kappa shape index (κ2) is 9.44. The summed E-state index contributed by atoms with van der Waals surface area (Å²) in [6.07, 6.45) is 5.59. The van der Waals surface area contributed by atoms with Gasteiger partial charge in [0.15, 0.2) is 0 Å². The van der Waals surface area contributed by atoms with E-state index in [-0.39, 0.29) is 5.56 Å². The zero-order chi connectivity index (χ0) is 21.9. The van der Waals surface area contributed by atoms with E-state index < -0.39 is 0 Å². The molecule has 2 aliphatic rings. The molecule has 5 heterocycles. The second-order valence-electron chi connectivity index (χ2n) is 8.55. The summed E-state index contributed by atoms with van der Waals surface area (Å²) in [5.74, 6) is 1.86. The Balaban J connectivity index is 1.42. The molecule has 0 amide bonds. The zero-order valence-corrected chi connectivity index (χ0v) is 18.4.